The molecule has 1 heterocycles. The Labute approximate surface area is 215 Å². The predicted octanol–water partition coefficient (Wildman–Crippen LogP) is 2.99. The molecule has 0 saturated heterocycles. The molecule has 0 spiro atoms. The minimum atomic E-state index is -4.16. The second-order valence-corrected chi connectivity index (χ2v) is 10.0. The van der Waals surface area contributed by atoms with E-state index in [4.69, 9.17) is 14.2 Å². The maximum absolute atomic E-state index is 13.6. The van der Waals surface area contributed by atoms with Crippen molar-refractivity contribution in [3.8, 4) is 17.2 Å². The van der Waals surface area contributed by atoms with Crippen LogP contribution in [-0.2, 0) is 21.2 Å². The molecular weight excluding hydrogens is 498 g/mol. The number of carbonyl (C=O) groups is 2. The molecule has 4 rings (SSSR count). The first kappa shape index (κ1) is 25.8. The average molecular weight is 526 g/mol. The molecule has 194 valence electrons. The van der Waals surface area contributed by atoms with E-state index < -0.39 is 28.0 Å². The van der Waals surface area contributed by atoms with Gasteiger partial charge in [-0.15, -0.1) is 0 Å². The minimum absolute atomic E-state index is 0.0294. The summed E-state index contributed by atoms with van der Waals surface area (Å²) in [5.41, 5.74) is 1.70. The van der Waals surface area contributed by atoms with Crippen LogP contribution in [0.3, 0.4) is 0 Å². The molecule has 0 saturated carbocycles. The molecule has 1 atom stereocenters. The van der Waals surface area contributed by atoms with E-state index in [1.165, 1.54) is 18.1 Å². The highest BCUT2D eigenvalue weighted by Gasteiger charge is 2.28. The third kappa shape index (κ3) is 5.95. The van der Waals surface area contributed by atoms with Gasteiger partial charge in [0.25, 0.3) is 10.0 Å². The van der Waals surface area contributed by atoms with Crippen LogP contribution in [0.5, 0.6) is 17.2 Å². The van der Waals surface area contributed by atoms with Gasteiger partial charge in [-0.2, -0.15) is 0 Å². The number of carbonyl (C=O) groups excluding carboxylic acids is 2. The van der Waals surface area contributed by atoms with Gasteiger partial charge in [0.05, 0.1) is 12.0 Å². The number of benzene rings is 3. The molecule has 1 aliphatic heterocycles. The van der Waals surface area contributed by atoms with Crippen molar-refractivity contribution in [1.82, 2.24) is 10.0 Å². The van der Waals surface area contributed by atoms with E-state index in [0.717, 1.165) is 0 Å². The Kier molecular flexibility index (Phi) is 7.53. The highest BCUT2D eigenvalue weighted by atomic mass is 32.2. The van der Waals surface area contributed by atoms with Crippen LogP contribution in [0.4, 0.5) is 10.5 Å². The number of rotatable bonds is 8. The predicted molar refractivity (Wildman–Crippen MR) is 136 cm³/mol. The normalized spacial score (nSPS) is 12.9. The molecule has 1 aliphatic rings. The van der Waals surface area contributed by atoms with E-state index in [1.807, 2.05) is 4.72 Å². The van der Waals surface area contributed by atoms with E-state index in [2.05, 4.69) is 5.32 Å². The lowest BCUT2D eigenvalue weighted by molar-refractivity contribution is -0.120. The van der Waals surface area contributed by atoms with Gasteiger partial charge in [0.15, 0.2) is 11.5 Å². The van der Waals surface area contributed by atoms with Gasteiger partial charge in [0, 0.05) is 25.2 Å². The van der Waals surface area contributed by atoms with Crippen molar-refractivity contribution in [2.45, 2.75) is 24.3 Å². The summed E-state index contributed by atoms with van der Waals surface area (Å²) in [5.74, 6) is 1.18. The van der Waals surface area contributed by atoms with E-state index >= 15 is 0 Å². The maximum Gasteiger partial charge on any atom is 0.329 e. The molecule has 37 heavy (non-hydrogen) atoms. The summed E-state index contributed by atoms with van der Waals surface area (Å²) in [5, 5.41) is 2.53. The number of sulfonamides is 1. The molecule has 0 radical (unpaired) electrons. The smallest absolute Gasteiger partial charge is 0.329 e. The molecule has 0 aromatic heterocycles. The van der Waals surface area contributed by atoms with Crippen molar-refractivity contribution < 1.29 is 32.2 Å². The van der Waals surface area contributed by atoms with Crippen molar-refractivity contribution in [2.24, 2.45) is 0 Å². The fraction of sp³-hybridized carbons (Fsp3) is 0.231. The van der Waals surface area contributed by atoms with E-state index in [9.17, 15) is 18.0 Å². The number of hydrogen-bond acceptors (Lipinski definition) is 7. The molecular formula is C26H27N3O7S. The number of methoxy groups -OCH3 is 1. The second kappa shape index (κ2) is 10.8. The third-order valence-electron chi connectivity index (χ3n) is 5.86. The number of ether oxygens (including phenoxy) is 3. The number of anilines is 1. The van der Waals surface area contributed by atoms with E-state index in [-0.39, 0.29) is 18.1 Å². The Hall–Kier alpha value is -4.25. The topological polar surface area (TPSA) is 123 Å². The molecule has 10 nitrogen and oxygen atoms in total. The molecule has 3 aromatic rings. The molecule has 1 unspecified atom stereocenters. The maximum atomic E-state index is 13.6. The molecule has 0 fully saturated rings. The summed E-state index contributed by atoms with van der Waals surface area (Å²) in [7, 11) is -1.08. The highest BCUT2D eigenvalue weighted by Crippen LogP contribution is 2.35. The van der Waals surface area contributed by atoms with Crippen LogP contribution < -0.4 is 29.1 Å². The van der Waals surface area contributed by atoms with Crippen molar-refractivity contribution >= 4 is 27.6 Å². The summed E-state index contributed by atoms with van der Waals surface area (Å²) < 4.78 is 43.6. The van der Waals surface area contributed by atoms with Crippen molar-refractivity contribution in [3.63, 3.8) is 0 Å². The molecule has 0 aliphatic carbocycles. The summed E-state index contributed by atoms with van der Waals surface area (Å²) in [4.78, 5) is 27.7. The zero-order valence-corrected chi connectivity index (χ0v) is 21.4. The Morgan fingerprint density at radius 3 is 2.54 bits per heavy atom. The summed E-state index contributed by atoms with van der Waals surface area (Å²) in [6.45, 7) is 1.72. The van der Waals surface area contributed by atoms with Crippen LogP contribution >= 0.6 is 0 Å². The van der Waals surface area contributed by atoms with Gasteiger partial charge in [-0.1, -0.05) is 30.3 Å². The van der Waals surface area contributed by atoms with Gasteiger partial charge in [-0.05, 0) is 48.4 Å². The largest absolute Gasteiger partial charge is 0.497 e. The number of amides is 3. The number of nitrogens with zero attached hydrogens (tertiary/aromatic N) is 1. The molecule has 0 bridgehead atoms. The minimum Gasteiger partial charge on any atom is -0.497 e. The van der Waals surface area contributed by atoms with Gasteiger partial charge < -0.3 is 24.4 Å². The van der Waals surface area contributed by atoms with Crippen LogP contribution in [0.2, 0.25) is 0 Å². The molecule has 3 aromatic carbocycles. The first-order chi connectivity index (χ1) is 17.7. The van der Waals surface area contributed by atoms with Crippen LogP contribution in [-0.4, -0.2) is 47.3 Å². The Balaban J connectivity index is 1.57. The van der Waals surface area contributed by atoms with Gasteiger partial charge in [0.2, 0.25) is 12.7 Å². The lowest BCUT2D eigenvalue weighted by Crippen LogP contribution is -2.52. The number of fused-ring (bicyclic) bond motifs is 1. The van der Waals surface area contributed by atoms with Gasteiger partial charge in [0.1, 0.15) is 11.8 Å². The quantitative estimate of drug-likeness (QED) is 0.463. The number of nitrogens with one attached hydrogen (secondary N) is 2. The number of likely N-dealkylation sites (N-methyl/N-ethyl adjacent to an activating group) is 1. The standard InChI is InChI=1S/C26H27N3O7S/c1-17-7-4-5-10-24(17)37(32,33)28-26(31)27-21(14-18-8-6-9-20(13-18)34-3)25(30)29(2)19-11-12-22-23(15-19)36-16-35-22/h4-13,15,21H,14,16H2,1-3H3,(H2,27,28,31). The Bertz CT molecular complexity index is 1430. The third-order valence-corrected chi connectivity index (χ3v) is 7.35. The highest BCUT2D eigenvalue weighted by molar-refractivity contribution is 7.90. The fourth-order valence-corrected chi connectivity index (χ4v) is 5.08. The SMILES string of the molecule is COc1cccc(CC(NC(=O)NS(=O)(=O)c2ccccc2C)C(=O)N(C)c2ccc3c(c2)OCO3)c1. The summed E-state index contributed by atoms with van der Waals surface area (Å²) >= 11 is 0. The average Bonchev–Trinajstić information content (AvgIpc) is 3.35. The Morgan fingerprint density at radius 1 is 1.03 bits per heavy atom. The van der Waals surface area contributed by atoms with Gasteiger partial charge in [-0.3, -0.25) is 4.79 Å². The monoisotopic (exact) mass is 525 g/mol. The summed E-state index contributed by atoms with van der Waals surface area (Å²) in [6.07, 6.45) is 0.0861. The van der Waals surface area contributed by atoms with Crippen LogP contribution in [0.15, 0.2) is 71.6 Å². The van der Waals surface area contributed by atoms with Crippen LogP contribution in [0, 0.1) is 6.92 Å². The van der Waals surface area contributed by atoms with E-state index in [1.54, 1.807) is 74.6 Å². The number of urea groups is 1. The molecule has 3 amide bonds. The van der Waals surface area contributed by atoms with Crippen molar-refractivity contribution in [2.75, 3.05) is 25.9 Å². The fourth-order valence-electron chi connectivity index (χ4n) is 3.91. The van der Waals surface area contributed by atoms with Crippen LogP contribution in [0.25, 0.3) is 0 Å². The zero-order valence-electron chi connectivity index (χ0n) is 20.6. The lowest BCUT2D eigenvalue weighted by atomic mass is 10.0. The Morgan fingerprint density at radius 2 is 1.78 bits per heavy atom. The van der Waals surface area contributed by atoms with Crippen LogP contribution in [0.1, 0.15) is 11.1 Å². The van der Waals surface area contributed by atoms with Gasteiger partial charge >= 0.3 is 6.03 Å². The van der Waals surface area contributed by atoms with Crippen molar-refractivity contribution in [1.29, 1.82) is 0 Å². The lowest BCUT2D eigenvalue weighted by Gasteiger charge is -2.25. The first-order valence-electron chi connectivity index (χ1n) is 11.4. The molecule has 2 N–H and O–H groups in total. The zero-order chi connectivity index (χ0) is 26.6. The van der Waals surface area contributed by atoms with E-state index in [0.29, 0.717) is 34.1 Å². The number of aryl methyl sites for hydroxylation is 1. The first-order valence-corrected chi connectivity index (χ1v) is 12.9. The summed E-state index contributed by atoms with van der Waals surface area (Å²) in [6, 6.07) is 16.2. The second-order valence-electron chi connectivity index (χ2n) is 8.39. The number of hydrogen-bond donors (Lipinski definition) is 2. The molecule has 11 heteroatoms. The van der Waals surface area contributed by atoms with Gasteiger partial charge in [-0.25, -0.2) is 17.9 Å². The van der Waals surface area contributed by atoms with Crippen molar-refractivity contribution in [3.05, 3.63) is 77.9 Å².